The molecule has 1 aromatic carbocycles. The second kappa shape index (κ2) is 4.52. The van der Waals surface area contributed by atoms with E-state index in [2.05, 4.69) is 10.9 Å². The number of aryl methyl sites for hydroxylation is 1. The van der Waals surface area contributed by atoms with Gasteiger partial charge in [0, 0.05) is 5.56 Å². The molecule has 0 aliphatic heterocycles. The maximum absolute atomic E-state index is 6.12. The third-order valence-electron chi connectivity index (χ3n) is 2.58. The topological polar surface area (TPSA) is 43.8 Å². The van der Waals surface area contributed by atoms with Crippen molar-refractivity contribution in [1.82, 2.24) is 9.55 Å². The highest BCUT2D eigenvalue weighted by Gasteiger charge is 2.14. The first-order valence-corrected chi connectivity index (χ1v) is 5.54. The minimum Gasteiger partial charge on any atom is -0.383 e. The molecular formula is C13H12ClN3. The van der Waals surface area contributed by atoms with Crippen molar-refractivity contribution in [3.05, 3.63) is 35.1 Å². The summed E-state index contributed by atoms with van der Waals surface area (Å²) in [7, 11) is 0. The summed E-state index contributed by atoms with van der Waals surface area (Å²) in [6, 6.07) is 7.47. The lowest BCUT2D eigenvalue weighted by Crippen LogP contribution is -2.03. The van der Waals surface area contributed by atoms with Gasteiger partial charge in [-0.2, -0.15) is 0 Å². The fraction of sp³-hybridized carbons (Fsp3) is 0.154. The van der Waals surface area contributed by atoms with E-state index in [1.807, 2.05) is 31.2 Å². The first kappa shape index (κ1) is 11.6. The third-order valence-corrected chi connectivity index (χ3v) is 2.91. The normalized spacial score (nSPS) is 10.2. The zero-order valence-electron chi connectivity index (χ0n) is 9.44. The number of terminal acetylenes is 1. The Labute approximate surface area is 105 Å². The van der Waals surface area contributed by atoms with Crippen LogP contribution >= 0.6 is 11.6 Å². The fourth-order valence-corrected chi connectivity index (χ4v) is 1.95. The molecule has 17 heavy (non-hydrogen) atoms. The van der Waals surface area contributed by atoms with Crippen molar-refractivity contribution in [2.75, 3.05) is 5.73 Å². The molecule has 0 saturated carbocycles. The Morgan fingerprint density at radius 1 is 1.47 bits per heavy atom. The van der Waals surface area contributed by atoms with Crippen LogP contribution in [0.4, 0.5) is 5.82 Å². The van der Waals surface area contributed by atoms with Crippen LogP contribution in [0.15, 0.2) is 24.3 Å². The predicted octanol–water partition coefficient (Wildman–Crippen LogP) is 2.73. The summed E-state index contributed by atoms with van der Waals surface area (Å²) in [4.78, 5) is 4.42. The van der Waals surface area contributed by atoms with Gasteiger partial charge in [-0.05, 0) is 13.0 Å². The summed E-state index contributed by atoms with van der Waals surface area (Å²) < 4.78 is 1.79. The highest BCUT2D eigenvalue weighted by molar-refractivity contribution is 6.33. The molecule has 0 amide bonds. The molecule has 0 fully saturated rings. The number of hydrogen-bond acceptors (Lipinski definition) is 2. The number of anilines is 1. The molecule has 2 aromatic rings. The minimum atomic E-state index is 0.412. The van der Waals surface area contributed by atoms with Crippen LogP contribution in [0.2, 0.25) is 5.02 Å². The van der Waals surface area contributed by atoms with Crippen molar-refractivity contribution < 1.29 is 0 Å². The molecule has 0 bridgehead atoms. The highest BCUT2D eigenvalue weighted by atomic mass is 35.5. The van der Waals surface area contributed by atoms with E-state index in [1.165, 1.54) is 0 Å². The number of hydrogen-bond donors (Lipinski definition) is 1. The smallest absolute Gasteiger partial charge is 0.132 e. The number of halogens is 1. The van der Waals surface area contributed by atoms with Gasteiger partial charge in [-0.25, -0.2) is 4.98 Å². The number of aromatic nitrogens is 2. The van der Waals surface area contributed by atoms with Crippen molar-refractivity contribution in [3.63, 3.8) is 0 Å². The number of nitrogens with two attached hydrogens (primary N) is 1. The second-order valence-corrected chi connectivity index (χ2v) is 4.07. The third kappa shape index (κ3) is 2.00. The van der Waals surface area contributed by atoms with Crippen molar-refractivity contribution in [3.8, 4) is 23.6 Å². The lowest BCUT2D eigenvalue weighted by atomic mass is 10.1. The first-order valence-electron chi connectivity index (χ1n) is 5.16. The largest absolute Gasteiger partial charge is 0.383 e. The Kier molecular flexibility index (Phi) is 3.08. The van der Waals surface area contributed by atoms with Gasteiger partial charge in [-0.15, -0.1) is 6.42 Å². The van der Waals surface area contributed by atoms with Crippen LogP contribution in [0.25, 0.3) is 11.3 Å². The molecule has 0 spiro atoms. The van der Waals surface area contributed by atoms with Crippen molar-refractivity contribution in [1.29, 1.82) is 0 Å². The SMILES string of the molecule is C#CCn1c(C)nc(-c2ccccc2Cl)c1N. The van der Waals surface area contributed by atoms with Crippen LogP contribution in [-0.2, 0) is 6.54 Å². The van der Waals surface area contributed by atoms with Gasteiger partial charge in [0.05, 0.1) is 11.6 Å². The molecular weight excluding hydrogens is 234 g/mol. The molecule has 0 aliphatic rings. The molecule has 1 aromatic heterocycles. The molecule has 0 saturated heterocycles. The lowest BCUT2D eigenvalue weighted by Gasteiger charge is -2.04. The lowest BCUT2D eigenvalue weighted by molar-refractivity contribution is 0.807. The summed E-state index contributed by atoms with van der Waals surface area (Å²) in [6.07, 6.45) is 5.30. The van der Waals surface area contributed by atoms with Crippen molar-refractivity contribution in [2.45, 2.75) is 13.5 Å². The van der Waals surface area contributed by atoms with E-state index in [0.717, 1.165) is 11.4 Å². The number of nitrogen functional groups attached to an aromatic ring is 1. The summed E-state index contributed by atoms with van der Waals surface area (Å²) in [5.74, 6) is 3.89. The van der Waals surface area contributed by atoms with E-state index in [0.29, 0.717) is 23.1 Å². The highest BCUT2D eigenvalue weighted by Crippen LogP contribution is 2.31. The monoisotopic (exact) mass is 245 g/mol. The Morgan fingerprint density at radius 2 is 2.18 bits per heavy atom. The minimum absolute atomic E-state index is 0.412. The molecule has 0 radical (unpaired) electrons. The predicted molar refractivity (Wildman–Crippen MR) is 70.7 cm³/mol. The maximum atomic E-state index is 6.12. The molecule has 0 aliphatic carbocycles. The van der Waals surface area contributed by atoms with Gasteiger partial charge >= 0.3 is 0 Å². The Morgan fingerprint density at radius 3 is 2.82 bits per heavy atom. The second-order valence-electron chi connectivity index (χ2n) is 3.66. The molecule has 3 nitrogen and oxygen atoms in total. The van der Waals surface area contributed by atoms with Gasteiger partial charge in [0.1, 0.15) is 17.3 Å². The standard InChI is InChI=1S/C13H12ClN3/c1-3-8-17-9(2)16-12(13(17)15)10-6-4-5-7-11(10)14/h1,4-7H,8,15H2,2H3. The van der Waals surface area contributed by atoms with E-state index in [-0.39, 0.29) is 0 Å². The van der Waals surface area contributed by atoms with E-state index in [4.69, 9.17) is 23.8 Å². The summed E-state index contributed by atoms with van der Waals surface area (Å²) in [5, 5.41) is 0.629. The van der Waals surface area contributed by atoms with Crippen LogP contribution in [0.3, 0.4) is 0 Å². The number of nitrogens with zero attached hydrogens (tertiary/aromatic N) is 2. The van der Waals surface area contributed by atoms with E-state index >= 15 is 0 Å². The average molecular weight is 246 g/mol. The average Bonchev–Trinajstić information content (AvgIpc) is 2.58. The Hall–Kier alpha value is -1.92. The zero-order chi connectivity index (χ0) is 12.4. The summed E-state index contributed by atoms with van der Waals surface area (Å²) >= 11 is 6.12. The van der Waals surface area contributed by atoms with Crippen LogP contribution < -0.4 is 5.73 Å². The molecule has 86 valence electrons. The van der Waals surface area contributed by atoms with Gasteiger partial charge in [-0.1, -0.05) is 35.7 Å². The van der Waals surface area contributed by atoms with Gasteiger partial charge in [0.2, 0.25) is 0 Å². The Balaban J connectivity index is 2.59. The zero-order valence-corrected chi connectivity index (χ0v) is 10.2. The number of imidazole rings is 1. The summed E-state index contributed by atoms with van der Waals surface area (Å²) in [5.41, 5.74) is 7.55. The van der Waals surface area contributed by atoms with E-state index in [9.17, 15) is 0 Å². The number of rotatable bonds is 2. The van der Waals surface area contributed by atoms with Crippen LogP contribution in [0.5, 0.6) is 0 Å². The van der Waals surface area contributed by atoms with Crippen LogP contribution in [0, 0.1) is 19.3 Å². The Bertz CT molecular complexity index is 593. The fourth-order valence-electron chi connectivity index (χ4n) is 1.72. The molecule has 0 atom stereocenters. The van der Waals surface area contributed by atoms with Crippen LogP contribution in [-0.4, -0.2) is 9.55 Å². The first-order chi connectivity index (χ1) is 8.15. The maximum Gasteiger partial charge on any atom is 0.132 e. The quantitative estimate of drug-likeness (QED) is 0.827. The van der Waals surface area contributed by atoms with E-state index in [1.54, 1.807) is 4.57 Å². The van der Waals surface area contributed by atoms with Gasteiger partial charge in [0.25, 0.3) is 0 Å². The molecule has 1 heterocycles. The van der Waals surface area contributed by atoms with Gasteiger partial charge < -0.3 is 10.3 Å². The van der Waals surface area contributed by atoms with Crippen molar-refractivity contribution in [2.24, 2.45) is 0 Å². The summed E-state index contributed by atoms with van der Waals surface area (Å²) in [6.45, 7) is 2.28. The number of benzene rings is 1. The molecule has 2 rings (SSSR count). The molecule has 0 unspecified atom stereocenters. The van der Waals surface area contributed by atoms with E-state index < -0.39 is 0 Å². The molecule has 4 heteroatoms. The van der Waals surface area contributed by atoms with Crippen LogP contribution in [0.1, 0.15) is 5.82 Å². The van der Waals surface area contributed by atoms with Gasteiger partial charge in [0.15, 0.2) is 0 Å². The molecule has 2 N–H and O–H groups in total. The van der Waals surface area contributed by atoms with Gasteiger partial charge in [-0.3, -0.25) is 0 Å². The van der Waals surface area contributed by atoms with Crippen molar-refractivity contribution >= 4 is 17.4 Å².